The maximum absolute atomic E-state index is 11.8. The highest BCUT2D eigenvalue weighted by molar-refractivity contribution is 5.76. The third-order valence-corrected chi connectivity index (χ3v) is 3.45. The van der Waals surface area contributed by atoms with Crippen LogP contribution in [-0.2, 0) is 4.79 Å². The van der Waals surface area contributed by atoms with Crippen molar-refractivity contribution in [3.8, 4) is 0 Å². The molecule has 1 aliphatic rings. The van der Waals surface area contributed by atoms with Gasteiger partial charge in [-0.2, -0.15) is 0 Å². The molecule has 0 radical (unpaired) electrons. The fourth-order valence-corrected chi connectivity index (χ4v) is 1.94. The van der Waals surface area contributed by atoms with Crippen molar-refractivity contribution < 1.29 is 9.90 Å². The highest BCUT2D eigenvalue weighted by Gasteiger charge is 2.22. The SMILES string of the molecule is CC[C@@H](C)CC(=O)N1CCC(CO)CC1. The zero-order valence-corrected chi connectivity index (χ0v) is 9.91. The van der Waals surface area contributed by atoms with Gasteiger partial charge in [-0.15, -0.1) is 0 Å². The molecular formula is C12H23NO2. The lowest BCUT2D eigenvalue weighted by atomic mass is 9.96. The Labute approximate surface area is 92.5 Å². The van der Waals surface area contributed by atoms with Crippen LogP contribution in [0.4, 0.5) is 0 Å². The van der Waals surface area contributed by atoms with Gasteiger partial charge in [0.1, 0.15) is 0 Å². The largest absolute Gasteiger partial charge is 0.396 e. The van der Waals surface area contributed by atoms with Crippen molar-refractivity contribution >= 4 is 5.91 Å². The Morgan fingerprint density at radius 3 is 2.53 bits per heavy atom. The smallest absolute Gasteiger partial charge is 0.222 e. The van der Waals surface area contributed by atoms with Gasteiger partial charge in [-0.3, -0.25) is 4.79 Å². The van der Waals surface area contributed by atoms with Gasteiger partial charge in [0.15, 0.2) is 0 Å². The number of carbonyl (C=O) groups is 1. The van der Waals surface area contributed by atoms with Gasteiger partial charge in [0.05, 0.1) is 0 Å². The minimum Gasteiger partial charge on any atom is -0.396 e. The van der Waals surface area contributed by atoms with Crippen molar-refractivity contribution in [2.24, 2.45) is 11.8 Å². The van der Waals surface area contributed by atoms with E-state index in [1.165, 1.54) is 0 Å². The monoisotopic (exact) mass is 213 g/mol. The van der Waals surface area contributed by atoms with E-state index in [9.17, 15) is 4.79 Å². The maximum atomic E-state index is 11.8. The first-order chi connectivity index (χ1) is 7.17. The number of aliphatic hydroxyl groups is 1. The van der Waals surface area contributed by atoms with E-state index in [1.54, 1.807) is 0 Å². The summed E-state index contributed by atoms with van der Waals surface area (Å²) < 4.78 is 0. The summed E-state index contributed by atoms with van der Waals surface area (Å²) in [5.41, 5.74) is 0. The van der Waals surface area contributed by atoms with Crippen LogP contribution in [0.3, 0.4) is 0 Å². The molecule has 0 aromatic rings. The van der Waals surface area contributed by atoms with Gasteiger partial charge in [0.25, 0.3) is 0 Å². The predicted octanol–water partition coefficient (Wildman–Crippen LogP) is 1.65. The first-order valence-electron chi connectivity index (χ1n) is 6.06. The summed E-state index contributed by atoms with van der Waals surface area (Å²) in [6, 6.07) is 0. The van der Waals surface area contributed by atoms with E-state index in [0.29, 0.717) is 24.2 Å². The average molecular weight is 213 g/mol. The molecule has 1 aliphatic heterocycles. The molecule has 1 N–H and O–H groups in total. The molecule has 0 saturated carbocycles. The molecule has 0 bridgehead atoms. The van der Waals surface area contributed by atoms with E-state index in [0.717, 1.165) is 32.4 Å². The van der Waals surface area contributed by atoms with Crippen LogP contribution >= 0.6 is 0 Å². The summed E-state index contributed by atoms with van der Waals surface area (Å²) in [5, 5.41) is 9.00. The van der Waals surface area contributed by atoms with Gasteiger partial charge >= 0.3 is 0 Å². The molecule has 3 heteroatoms. The predicted molar refractivity (Wildman–Crippen MR) is 60.5 cm³/mol. The van der Waals surface area contributed by atoms with Crippen LogP contribution in [0, 0.1) is 11.8 Å². The molecular weight excluding hydrogens is 190 g/mol. The standard InChI is InChI=1S/C12H23NO2/c1-3-10(2)8-12(15)13-6-4-11(9-14)5-7-13/h10-11,14H,3-9H2,1-2H3/t10-/m1/s1. The van der Waals surface area contributed by atoms with E-state index >= 15 is 0 Å². The molecule has 0 unspecified atom stereocenters. The second kappa shape index (κ2) is 6.11. The van der Waals surface area contributed by atoms with E-state index in [-0.39, 0.29) is 6.61 Å². The summed E-state index contributed by atoms with van der Waals surface area (Å²) in [6.45, 7) is 6.18. The van der Waals surface area contributed by atoms with E-state index in [4.69, 9.17) is 5.11 Å². The van der Waals surface area contributed by atoms with Gasteiger partial charge in [0.2, 0.25) is 5.91 Å². The number of piperidine rings is 1. The number of nitrogens with zero attached hydrogens (tertiary/aromatic N) is 1. The minimum absolute atomic E-state index is 0.271. The first-order valence-corrected chi connectivity index (χ1v) is 6.06. The summed E-state index contributed by atoms with van der Waals surface area (Å²) in [5.74, 6) is 1.20. The van der Waals surface area contributed by atoms with Crippen LogP contribution in [0.5, 0.6) is 0 Å². The normalized spacial score (nSPS) is 20.3. The van der Waals surface area contributed by atoms with Crippen molar-refractivity contribution in [3.63, 3.8) is 0 Å². The van der Waals surface area contributed by atoms with Crippen molar-refractivity contribution in [3.05, 3.63) is 0 Å². The lowest BCUT2D eigenvalue weighted by molar-refractivity contribution is -0.133. The Bertz CT molecular complexity index is 198. The molecule has 3 nitrogen and oxygen atoms in total. The Morgan fingerprint density at radius 1 is 1.47 bits per heavy atom. The van der Waals surface area contributed by atoms with Crippen LogP contribution in [0.15, 0.2) is 0 Å². The molecule has 0 spiro atoms. The number of aliphatic hydroxyl groups excluding tert-OH is 1. The molecule has 0 aliphatic carbocycles. The molecule has 1 heterocycles. The number of rotatable bonds is 4. The van der Waals surface area contributed by atoms with Crippen LogP contribution in [0.25, 0.3) is 0 Å². The second-order valence-corrected chi connectivity index (χ2v) is 4.72. The highest BCUT2D eigenvalue weighted by Crippen LogP contribution is 2.18. The Kier molecular flexibility index (Phi) is 5.09. The van der Waals surface area contributed by atoms with Crippen molar-refractivity contribution in [1.29, 1.82) is 0 Å². The summed E-state index contributed by atoms with van der Waals surface area (Å²) in [7, 11) is 0. The highest BCUT2D eigenvalue weighted by atomic mass is 16.3. The molecule has 1 rings (SSSR count). The molecule has 0 aromatic heterocycles. The van der Waals surface area contributed by atoms with Gasteiger partial charge in [-0.05, 0) is 24.7 Å². The summed E-state index contributed by atoms with van der Waals surface area (Å²) >= 11 is 0. The molecule has 1 saturated heterocycles. The molecule has 1 amide bonds. The average Bonchev–Trinajstić information content (AvgIpc) is 2.29. The zero-order chi connectivity index (χ0) is 11.3. The maximum Gasteiger partial charge on any atom is 0.222 e. The van der Waals surface area contributed by atoms with Gasteiger partial charge < -0.3 is 10.0 Å². The molecule has 1 fully saturated rings. The van der Waals surface area contributed by atoms with Crippen molar-refractivity contribution in [2.45, 2.75) is 39.5 Å². The number of hydrogen-bond donors (Lipinski definition) is 1. The van der Waals surface area contributed by atoms with E-state index in [2.05, 4.69) is 13.8 Å². The molecule has 88 valence electrons. The Hall–Kier alpha value is -0.570. The van der Waals surface area contributed by atoms with Crippen LogP contribution in [0.2, 0.25) is 0 Å². The topological polar surface area (TPSA) is 40.5 Å². The third-order valence-electron chi connectivity index (χ3n) is 3.45. The van der Waals surface area contributed by atoms with Gasteiger partial charge in [-0.1, -0.05) is 20.3 Å². The van der Waals surface area contributed by atoms with Gasteiger partial charge in [-0.25, -0.2) is 0 Å². The minimum atomic E-state index is 0.271. The molecule has 15 heavy (non-hydrogen) atoms. The molecule has 0 aromatic carbocycles. The van der Waals surface area contributed by atoms with Crippen LogP contribution in [0.1, 0.15) is 39.5 Å². The lowest BCUT2D eigenvalue weighted by Gasteiger charge is -2.31. The van der Waals surface area contributed by atoms with Crippen LogP contribution in [-0.4, -0.2) is 35.6 Å². The molecule has 1 atom stereocenters. The van der Waals surface area contributed by atoms with Crippen LogP contribution < -0.4 is 0 Å². The van der Waals surface area contributed by atoms with E-state index < -0.39 is 0 Å². The third kappa shape index (κ3) is 3.82. The van der Waals surface area contributed by atoms with Crippen molar-refractivity contribution in [2.75, 3.05) is 19.7 Å². The number of carbonyl (C=O) groups excluding carboxylic acids is 1. The fourth-order valence-electron chi connectivity index (χ4n) is 1.94. The Balaban J connectivity index is 2.30. The van der Waals surface area contributed by atoms with E-state index in [1.807, 2.05) is 4.90 Å². The number of likely N-dealkylation sites (tertiary alicyclic amines) is 1. The number of hydrogen-bond acceptors (Lipinski definition) is 2. The first kappa shape index (κ1) is 12.5. The number of amides is 1. The quantitative estimate of drug-likeness (QED) is 0.771. The summed E-state index contributed by atoms with van der Waals surface area (Å²) in [6.07, 6.45) is 3.67. The second-order valence-electron chi connectivity index (χ2n) is 4.72. The fraction of sp³-hybridized carbons (Fsp3) is 0.917. The lowest BCUT2D eigenvalue weighted by Crippen LogP contribution is -2.39. The zero-order valence-electron chi connectivity index (χ0n) is 9.91. The summed E-state index contributed by atoms with van der Waals surface area (Å²) in [4.78, 5) is 13.8. The van der Waals surface area contributed by atoms with Crippen molar-refractivity contribution in [1.82, 2.24) is 4.90 Å². The Morgan fingerprint density at radius 2 is 2.07 bits per heavy atom. The van der Waals surface area contributed by atoms with Gasteiger partial charge in [0, 0.05) is 26.1 Å².